The van der Waals surface area contributed by atoms with Crippen molar-refractivity contribution in [2.24, 2.45) is 11.7 Å². The summed E-state index contributed by atoms with van der Waals surface area (Å²) in [5.74, 6) is 3.67. The van der Waals surface area contributed by atoms with Gasteiger partial charge in [-0.1, -0.05) is 25.7 Å². The Hall–Kier alpha value is -3.00. The van der Waals surface area contributed by atoms with Gasteiger partial charge < -0.3 is 25.6 Å². The number of aliphatic hydroxyl groups is 2. The van der Waals surface area contributed by atoms with Crippen LogP contribution < -0.4 is 10.5 Å². The van der Waals surface area contributed by atoms with E-state index in [1.54, 1.807) is 25.8 Å². The molecule has 8 nitrogen and oxygen atoms in total. The lowest BCUT2D eigenvalue weighted by Crippen LogP contribution is -2.37. The number of rotatable bonds is 2. The highest BCUT2D eigenvalue weighted by Crippen LogP contribution is 2.46. The smallest absolute Gasteiger partial charge is 0.277 e. The molecule has 0 spiro atoms. The fraction of sp³-hybridized carbons (Fsp3) is 0.409. The Labute approximate surface area is 188 Å². The van der Waals surface area contributed by atoms with Crippen molar-refractivity contribution >= 4 is 23.1 Å². The number of nitrogens with zero attached hydrogens (tertiary/aromatic N) is 2. The van der Waals surface area contributed by atoms with Crippen LogP contribution in [0.4, 0.5) is 4.39 Å². The summed E-state index contributed by atoms with van der Waals surface area (Å²) in [6.07, 6.45) is 0.241. The number of amidine groups is 1. The minimum atomic E-state index is -1.66. The highest BCUT2D eigenvalue weighted by atomic mass is 32.1. The Morgan fingerprint density at radius 3 is 2.75 bits per heavy atom. The van der Waals surface area contributed by atoms with E-state index in [9.17, 15) is 19.4 Å². The molecule has 2 atom stereocenters. The van der Waals surface area contributed by atoms with E-state index >= 15 is 0 Å². The molecule has 168 valence electrons. The molecule has 1 fully saturated rings. The van der Waals surface area contributed by atoms with Crippen molar-refractivity contribution in [2.45, 2.75) is 31.5 Å². The van der Waals surface area contributed by atoms with Gasteiger partial charge in [-0.2, -0.15) is 0 Å². The normalized spacial score (nSPS) is 24.3. The first kappa shape index (κ1) is 22.2. The average Bonchev–Trinajstić information content (AvgIpc) is 3.26. The Morgan fingerprint density at radius 1 is 1.44 bits per heavy atom. The standard InChI is InChI=1S/C22H23FN4O4S/c1-11(2)22(30)10-31-15-9-14(23)12(4-5-21(29)6-7-27(3)20(21)25)8-13(15)16-17(22)32-19(26-16)18(24)28/h8-9,11,25,29-30H,6-7,10H2,1-3H3,(H2,24,28)/t21-,22+/m0/s1. The first-order chi connectivity index (χ1) is 15.0. The summed E-state index contributed by atoms with van der Waals surface area (Å²) in [5.41, 5.74) is 2.91. The molecule has 0 saturated carbocycles. The van der Waals surface area contributed by atoms with Crippen LogP contribution in [-0.2, 0) is 5.60 Å². The topological polar surface area (TPSA) is 133 Å². The zero-order valence-corrected chi connectivity index (χ0v) is 18.6. The number of likely N-dealkylation sites (tertiary alicyclic amines) is 1. The van der Waals surface area contributed by atoms with Crippen LogP contribution >= 0.6 is 11.3 Å². The molecule has 0 unspecified atom stereocenters. The summed E-state index contributed by atoms with van der Waals surface area (Å²) >= 11 is 0.980. The lowest BCUT2D eigenvalue weighted by Gasteiger charge is -2.29. The molecule has 3 heterocycles. The predicted molar refractivity (Wildman–Crippen MR) is 117 cm³/mol. The number of ether oxygens (including phenoxy) is 1. The number of nitrogens with two attached hydrogens (primary N) is 1. The van der Waals surface area contributed by atoms with Gasteiger partial charge in [-0.3, -0.25) is 10.2 Å². The van der Waals surface area contributed by atoms with Gasteiger partial charge in [-0.25, -0.2) is 9.37 Å². The Kier molecular flexibility index (Phi) is 5.24. The molecule has 5 N–H and O–H groups in total. The van der Waals surface area contributed by atoms with E-state index in [1.807, 2.05) is 0 Å². The Morgan fingerprint density at radius 2 is 2.16 bits per heavy atom. The van der Waals surface area contributed by atoms with Crippen molar-refractivity contribution < 1.29 is 24.1 Å². The van der Waals surface area contributed by atoms with Gasteiger partial charge in [0.15, 0.2) is 10.6 Å². The van der Waals surface area contributed by atoms with E-state index in [2.05, 4.69) is 16.8 Å². The van der Waals surface area contributed by atoms with Crippen LogP contribution in [0.2, 0.25) is 0 Å². The number of benzene rings is 1. The van der Waals surface area contributed by atoms with E-state index < -0.39 is 22.9 Å². The van der Waals surface area contributed by atoms with E-state index in [4.69, 9.17) is 15.9 Å². The third-order valence-corrected chi connectivity index (χ3v) is 7.18. The van der Waals surface area contributed by atoms with E-state index in [-0.39, 0.29) is 46.8 Å². The zero-order valence-electron chi connectivity index (χ0n) is 17.8. The monoisotopic (exact) mass is 458 g/mol. The van der Waals surface area contributed by atoms with Gasteiger partial charge in [0.1, 0.15) is 29.6 Å². The second-order valence-electron chi connectivity index (χ2n) is 8.39. The van der Waals surface area contributed by atoms with Crippen molar-refractivity contribution in [2.75, 3.05) is 20.2 Å². The first-order valence-electron chi connectivity index (χ1n) is 10.0. The maximum atomic E-state index is 14.9. The number of thiazole rings is 1. The SMILES string of the molecule is CC(C)[C@]1(O)COc2cc(F)c(C#C[C@]3(O)CCN(C)C3=N)cc2-c2nc(C(N)=O)sc21. The van der Waals surface area contributed by atoms with Crippen molar-refractivity contribution in [3.05, 3.63) is 33.4 Å². The largest absolute Gasteiger partial charge is 0.489 e. The summed E-state index contributed by atoms with van der Waals surface area (Å²) < 4.78 is 20.6. The Bertz CT molecular complexity index is 1200. The summed E-state index contributed by atoms with van der Waals surface area (Å²) in [6.45, 7) is 3.92. The predicted octanol–water partition coefficient (Wildman–Crippen LogP) is 1.68. The van der Waals surface area contributed by atoms with Gasteiger partial charge in [-0.15, -0.1) is 11.3 Å². The van der Waals surface area contributed by atoms with Gasteiger partial charge in [-0.05, 0) is 12.0 Å². The number of amides is 1. The molecular weight excluding hydrogens is 435 g/mol. The fourth-order valence-electron chi connectivity index (χ4n) is 3.71. The zero-order chi connectivity index (χ0) is 23.4. The summed E-state index contributed by atoms with van der Waals surface area (Å²) in [4.78, 5) is 18.1. The van der Waals surface area contributed by atoms with Crippen LogP contribution in [0.5, 0.6) is 5.75 Å². The van der Waals surface area contributed by atoms with Crippen LogP contribution in [0.1, 0.15) is 40.5 Å². The molecule has 1 aromatic carbocycles. The van der Waals surface area contributed by atoms with Gasteiger partial charge >= 0.3 is 0 Å². The molecule has 1 saturated heterocycles. The number of nitrogens with one attached hydrogen (secondary N) is 1. The molecule has 2 aliphatic rings. The van der Waals surface area contributed by atoms with Crippen LogP contribution in [-0.4, -0.2) is 57.6 Å². The van der Waals surface area contributed by atoms with Gasteiger partial charge in [0.25, 0.3) is 5.91 Å². The second kappa shape index (κ2) is 7.55. The van der Waals surface area contributed by atoms with E-state index in [1.165, 1.54) is 6.07 Å². The Balaban J connectivity index is 1.87. The number of carbonyl (C=O) groups is 1. The third kappa shape index (κ3) is 3.43. The van der Waals surface area contributed by atoms with Crippen molar-refractivity contribution in [1.29, 1.82) is 5.41 Å². The van der Waals surface area contributed by atoms with Gasteiger partial charge in [0.2, 0.25) is 0 Å². The van der Waals surface area contributed by atoms with E-state index in [0.717, 1.165) is 17.4 Å². The number of fused-ring (bicyclic) bond motifs is 3. The minimum absolute atomic E-state index is 0.0237. The van der Waals surface area contributed by atoms with Crippen molar-refractivity contribution in [1.82, 2.24) is 9.88 Å². The lowest BCUT2D eigenvalue weighted by molar-refractivity contribution is -0.0436. The third-order valence-electron chi connectivity index (χ3n) is 5.94. The quantitative estimate of drug-likeness (QED) is 0.506. The molecule has 1 amide bonds. The number of carbonyl (C=O) groups excluding carboxylic acids is 1. The number of hydrogen-bond acceptors (Lipinski definition) is 7. The highest BCUT2D eigenvalue weighted by molar-refractivity contribution is 7.14. The second-order valence-corrected chi connectivity index (χ2v) is 9.39. The van der Waals surface area contributed by atoms with Crippen LogP contribution in [0.3, 0.4) is 0 Å². The number of likely N-dealkylation sites (N-methyl/N-ethyl adjacent to an activating group) is 1. The molecule has 0 bridgehead atoms. The van der Waals surface area contributed by atoms with Crippen molar-refractivity contribution in [3.63, 3.8) is 0 Å². The fourth-order valence-corrected chi connectivity index (χ4v) is 4.86. The molecule has 32 heavy (non-hydrogen) atoms. The number of aromatic nitrogens is 1. The molecule has 2 aliphatic heterocycles. The first-order valence-corrected chi connectivity index (χ1v) is 10.8. The van der Waals surface area contributed by atoms with Crippen LogP contribution in [0.25, 0.3) is 11.3 Å². The van der Waals surface area contributed by atoms with Crippen molar-refractivity contribution in [3.8, 4) is 28.8 Å². The molecule has 1 aromatic heterocycles. The molecule has 0 radical (unpaired) electrons. The molecule has 0 aliphatic carbocycles. The number of primary amides is 1. The minimum Gasteiger partial charge on any atom is -0.489 e. The molecule has 10 heteroatoms. The maximum absolute atomic E-state index is 14.9. The maximum Gasteiger partial charge on any atom is 0.277 e. The molecule has 4 rings (SSSR count). The average molecular weight is 459 g/mol. The number of hydrogen-bond donors (Lipinski definition) is 4. The van der Waals surface area contributed by atoms with Gasteiger partial charge in [0.05, 0.1) is 16.1 Å². The molecule has 2 aromatic rings. The highest BCUT2D eigenvalue weighted by Gasteiger charge is 2.43. The lowest BCUT2D eigenvalue weighted by atomic mass is 9.88. The van der Waals surface area contributed by atoms with E-state index in [0.29, 0.717) is 17.0 Å². The van der Waals surface area contributed by atoms with Crippen LogP contribution in [0, 0.1) is 29.0 Å². The van der Waals surface area contributed by atoms with Crippen LogP contribution in [0.15, 0.2) is 12.1 Å². The number of halogens is 1. The molecular formula is C22H23FN4O4S. The summed E-state index contributed by atoms with van der Waals surface area (Å²) in [5, 5.41) is 30.0. The van der Waals surface area contributed by atoms with Gasteiger partial charge in [0, 0.05) is 31.6 Å². The summed E-state index contributed by atoms with van der Waals surface area (Å²) in [7, 11) is 1.68. The summed E-state index contributed by atoms with van der Waals surface area (Å²) in [6, 6.07) is 2.56.